The first-order chi connectivity index (χ1) is 16.0. The van der Waals surface area contributed by atoms with Crippen LogP contribution in [0.2, 0.25) is 0 Å². The van der Waals surface area contributed by atoms with Crippen molar-refractivity contribution in [2.24, 2.45) is 5.16 Å². The lowest BCUT2D eigenvalue weighted by molar-refractivity contribution is -0.132. The van der Waals surface area contributed by atoms with Crippen LogP contribution in [-0.4, -0.2) is 37.2 Å². The molecule has 0 aliphatic carbocycles. The van der Waals surface area contributed by atoms with Crippen LogP contribution in [-0.2, 0) is 14.4 Å². The van der Waals surface area contributed by atoms with Crippen molar-refractivity contribution in [2.75, 3.05) is 19.1 Å². The van der Waals surface area contributed by atoms with E-state index in [1.807, 2.05) is 30.3 Å². The van der Waals surface area contributed by atoms with Gasteiger partial charge in [-0.15, -0.1) is 0 Å². The van der Waals surface area contributed by atoms with Crippen molar-refractivity contribution in [3.05, 3.63) is 101 Å². The number of anilines is 1. The zero-order valence-electron chi connectivity index (χ0n) is 18.1. The van der Waals surface area contributed by atoms with Gasteiger partial charge in [-0.2, -0.15) is 0 Å². The molecule has 166 valence electrons. The number of hydrogen-bond donors (Lipinski definition) is 1. The van der Waals surface area contributed by atoms with E-state index in [0.717, 1.165) is 5.56 Å². The molecule has 1 fully saturated rings. The van der Waals surface area contributed by atoms with E-state index >= 15 is 0 Å². The summed E-state index contributed by atoms with van der Waals surface area (Å²) in [5.74, 6) is -1.08. The van der Waals surface area contributed by atoms with Gasteiger partial charge in [-0.3, -0.25) is 14.5 Å². The van der Waals surface area contributed by atoms with Crippen LogP contribution in [0.25, 0.3) is 5.76 Å². The molecule has 7 heteroatoms. The highest BCUT2D eigenvalue weighted by molar-refractivity contribution is 6.51. The summed E-state index contributed by atoms with van der Waals surface area (Å²) in [6.45, 7) is 0. The lowest BCUT2D eigenvalue weighted by Crippen LogP contribution is -2.29. The minimum Gasteiger partial charge on any atom is -0.507 e. The Morgan fingerprint density at radius 1 is 0.939 bits per heavy atom. The van der Waals surface area contributed by atoms with E-state index in [0.29, 0.717) is 22.6 Å². The van der Waals surface area contributed by atoms with Crippen LogP contribution in [0.5, 0.6) is 5.75 Å². The predicted molar refractivity (Wildman–Crippen MR) is 125 cm³/mol. The zero-order valence-corrected chi connectivity index (χ0v) is 18.1. The monoisotopic (exact) mass is 442 g/mol. The second kappa shape index (κ2) is 9.40. The number of ketones is 1. The number of hydrogen-bond acceptors (Lipinski definition) is 6. The SMILES string of the molecule is CON=Cc1ccc(N2C(=O)C(=O)C(=C(O)c3ccc(OC)cc3)C2c2ccccc2)cc1. The molecule has 0 aromatic heterocycles. The average Bonchev–Trinajstić information content (AvgIpc) is 3.13. The molecule has 1 atom stereocenters. The van der Waals surface area contributed by atoms with Gasteiger partial charge < -0.3 is 14.7 Å². The molecule has 1 saturated heterocycles. The van der Waals surface area contributed by atoms with Crippen LogP contribution in [0.15, 0.2) is 89.6 Å². The van der Waals surface area contributed by atoms with Gasteiger partial charge in [-0.25, -0.2) is 0 Å². The van der Waals surface area contributed by atoms with Gasteiger partial charge in [-0.05, 0) is 47.5 Å². The number of carbonyl (C=O) groups excluding carboxylic acids is 2. The lowest BCUT2D eigenvalue weighted by atomic mass is 9.95. The van der Waals surface area contributed by atoms with E-state index in [4.69, 9.17) is 9.57 Å². The summed E-state index contributed by atoms with van der Waals surface area (Å²) >= 11 is 0. The smallest absolute Gasteiger partial charge is 0.300 e. The molecule has 0 radical (unpaired) electrons. The van der Waals surface area contributed by atoms with Gasteiger partial charge in [0.15, 0.2) is 0 Å². The van der Waals surface area contributed by atoms with E-state index in [2.05, 4.69) is 5.16 Å². The highest BCUT2D eigenvalue weighted by Gasteiger charge is 2.46. The standard InChI is InChI=1S/C26H22N2O5/c1-32-21-14-10-19(11-15-21)24(29)22-23(18-6-4-3-5-7-18)28(26(31)25(22)30)20-12-8-17(9-13-20)16-27-33-2/h3-16,23,29H,1-2H3. The van der Waals surface area contributed by atoms with E-state index in [-0.39, 0.29) is 11.3 Å². The van der Waals surface area contributed by atoms with Gasteiger partial charge in [-0.1, -0.05) is 47.6 Å². The lowest BCUT2D eigenvalue weighted by Gasteiger charge is -2.25. The van der Waals surface area contributed by atoms with Crippen molar-refractivity contribution in [1.82, 2.24) is 0 Å². The Kier molecular flexibility index (Phi) is 6.22. The van der Waals surface area contributed by atoms with Gasteiger partial charge in [0.1, 0.15) is 18.6 Å². The van der Waals surface area contributed by atoms with Gasteiger partial charge >= 0.3 is 0 Å². The van der Waals surface area contributed by atoms with Crippen molar-refractivity contribution in [3.63, 3.8) is 0 Å². The van der Waals surface area contributed by atoms with Crippen LogP contribution in [0.4, 0.5) is 5.69 Å². The fourth-order valence-corrected chi connectivity index (χ4v) is 3.79. The number of nitrogens with zero attached hydrogens (tertiary/aromatic N) is 2. The highest BCUT2D eigenvalue weighted by Crippen LogP contribution is 2.42. The Bertz CT molecular complexity index is 1220. The van der Waals surface area contributed by atoms with Gasteiger partial charge in [0.2, 0.25) is 0 Å². The van der Waals surface area contributed by atoms with E-state index in [9.17, 15) is 14.7 Å². The number of aliphatic hydroxyl groups is 1. The van der Waals surface area contributed by atoms with E-state index in [1.165, 1.54) is 18.2 Å². The number of methoxy groups -OCH3 is 1. The van der Waals surface area contributed by atoms with Crippen LogP contribution in [0.1, 0.15) is 22.7 Å². The van der Waals surface area contributed by atoms with Gasteiger partial charge in [0.05, 0.1) is 24.9 Å². The summed E-state index contributed by atoms with van der Waals surface area (Å²) in [7, 11) is 3.00. The second-order valence-electron chi connectivity index (χ2n) is 7.32. The molecule has 1 amide bonds. The molecule has 0 saturated carbocycles. The average molecular weight is 442 g/mol. The molecule has 4 rings (SSSR count). The summed E-state index contributed by atoms with van der Waals surface area (Å²) in [6.07, 6.45) is 1.54. The summed E-state index contributed by atoms with van der Waals surface area (Å²) < 4.78 is 5.17. The quantitative estimate of drug-likeness (QED) is 0.202. The number of oxime groups is 1. The zero-order chi connectivity index (χ0) is 23.4. The third kappa shape index (κ3) is 4.21. The van der Waals surface area contributed by atoms with Crippen molar-refractivity contribution in [1.29, 1.82) is 0 Å². The van der Waals surface area contributed by atoms with Crippen molar-refractivity contribution < 1.29 is 24.3 Å². The Labute approximate surface area is 191 Å². The largest absolute Gasteiger partial charge is 0.507 e. The molecular formula is C26H22N2O5. The number of amides is 1. The summed E-state index contributed by atoms with van der Waals surface area (Å²) in [5, 5.41) is 14.8. The predicted octanol–water partition coefficient (Wildman–Crippen LogP) is 4.30. The van der Waals surface area contributed by atoms with Crippen LogP contribution in [0.3, 0.4) is 0 Å². The molecule has 1 N–H and O–H groups in total. The fourth-order valence-electron chi connectivity index (χ4n) is 3.79. The molecule has 33 heavy (non-hydrogen) atoms. The number of Topliss-reactive ketones (excluding diaryl/α,β-unsaturated/α-hetero) is 1. The number of benzene rings is 3. The molecule has 0 spiro atoms. The molecule has 3 aromatic carbocycles. The molecule has 7 nitrogen and oxygen atoms in total. The highest BCUT2D eigenvalue weighted by atomic mass is 16.6. The van der Waals surface area contributed by atoms with Crippen molar-refractivity contribution in [2.45, 2.75) is 6.04 Å². The topological polar surface area (TPSA) is 88.4 Å². The third-order valence-corrected chi connectivity index (χ3v) is 5.40. The maximum absolute atomic E-state index is 13.2. The molecule has 0 bridgehead atoms. The number of rotatable bonds is 6. The molecule has 1 heterocycles. The van der Waals surface area contributed by atoms with Crippen LogP contribution >= 0.6 is 0 Å². The maximum atomic E-state index is 13.2. The minimum atomic E-state index is -0.785. The Hall–Kier alpha value is -4.39. The first kappa shape index (κ1) is 21.8. The number of aliphatic hydroxyl groups excluding tert-OH is 1. The normalized spacial score (nSPS) is 17.5. The van der Waals surface area contributed by atoms with Crippen molar-refractivity contribution >= 4 is 29.4 Å². The molecular weight excluding hydrogens is 420 g/mol. The number of ether oxygens (including phenoxy) is 1. The van der Waals surface area contributed by atoms with E-state index in [1.54, 1.807) is 55.6 Å². The minimum absolute atomic E-state index is 0.0291. The molecule has 1 unspecified atom stereocenters. The fraction of sp³-hybridized carbons (Fsp3) is 0.115. The Morgan fingerprint density at radius 3 is 2.21 bits per heavy atom. The summed E-state index contributed by atoms with van der Waals surface area (Å²) in [6, 6.07) is 22.0. The molecule has 1 aliphatic heterocycles. The van der Waals surface area contributed by atoms with Crippen LogP contribution < -0.4 is 9.64 Å². The third-order valence-electron chi connectivity index (χ3n) is 5.40. The second-order valence-corrected chi connectivity index (χ2v) is 7.32. The molecule has 3 aromatic rings. The van der Waals surface area contributed by atoms with Gasteiger partial charge in [0, 0.05) is 11.3 Å². The summed E-state index contributed by atoms with van der Waals surface area (Å²) in [4.78, 5) is 32.4. The van der Waals surface area contributed by atoms with Crippen molar-refractivity contribution in [3.8, 4) is 5.75 Å². The Balaban J connectivity index is 1.84. The Morgan fingerprint density at radius 2 is 1.61 bits per heavy atom. The maximum Gasteiger partial charge on any atom is 0.300 e. The molecule has 1 aliphatic rings. The first-order valence-electron chi connectivity index (χ1n) is 10.2. The van der Waals surface area contributed by atoms with E-state index < -0.39 is 17.7 Å². The first-order valence-corrected chi connectivity index (χ1v) is 10.2. The van der Waals surface area contributed by atoms with Gasteiger partial charge in [0.25, 0.3) is 11.7 Å². The summed E-state index contributed by atoms with van der Waals surface area (Å²) in [5.41, 5.74) is 2.44. The number of carbonyl (C=O) groups is 2. The van der Waals surface area contributed by atoms with Crippen LogP contribution in [0, 0.1) is 0 Å².